The first-order valence-electron chi connectivity index (χ1n) is 5.02. The smallest absolute Gasteiger partial charge is 0.231 e. The van der Waals surface area contributed by atoms with Crippen molar-refractivity contribution in [1.82, 2.24) is 4.90 Å². The number of thiocarbonyl (C=S) groups is 1. The Balaban J connectivity index is 3.79. The molecule has 0 saturated carbocycles. The summed E-state index contributed by atoms with van der Waals surface area (Å²) >= 11 is 4.97. The van der Waals surface area contributed by atoms with Crippen molar-refractivity contribution >= 4 is 23.1 Å². The predicted molar refractivity (Wildman–Crippen MR) is 66.5 cm³/mol. The normalized spacial score (nSPS) is 11.7. The van der Waals surface area contributed by atoms with Crippen LogP contribution in [-0.4, -0.2) is 35.9 Å². The van der Waals surface area contributed by atoms with Crippen LogP contribution < -0.4 is 11.5 Å². The summed E-state index contributed by atoms with van der Waals surface area (Å²) in [5.41, 5.74) is 10.6. The number of hydrogen-bond acceptors (Lipinski definition) is 3. The Morgan fingerprint density at radius 2 is 1.93 bits per heavy atom. The Bertz CT molecular complexity index is 241. The Labute approximate surface area is 97.0 Å². The molecule has 0 aliphatic rings. The first kappa shape index (κ1) is 14.3. The number of nitrogens with zero attached hydrogens (tertiary/aromatic N) is 1. The third-order valence-corrected chi connectivity index (χ3v) is 2.99. The molecule has 0 atom stereocenters. The van der Waals surface area contributed by atoms with Gasteiger partial charge in [0.05, 0.1) is 11.5 Å². The third-order valence-electron chi connectivity index (χ3n) is 2.43. The fraction of sp³-hybridized carbons (Fsp3) is 0.800. The van der Waals surface area contributed by atoms with Gasteiger partial charge < -0.3 is 11.5 Å². The van der Waals surface area contributed by atoms with Crippen LogP contribution in [0.2, 0.25) is 0 Å². The molecule has 0 saturated heterocycles. The second-order valence-electron chi connectivity index (χ2n) is 4.56. The Morgan fingerprint density at radius 1 is 1.40 bits per heavy atom. The van der Waals surface area contributed by atoms with E-state index in [9.17, 15) is 4.79 Å². The van der Waals surface area contributed by atoms with Crippen molar-refractivity contribution in [2.75, 3.05) is 20.1 Å². The maximum absolute atomic E-state index is 10.6. The number of hydrogen-bond donors (Lipinski definition) is 2. The minimum Gasteiger partial charge on any atom is -0.393 e. The van der Waals surface area contributed by atoms with Gasteiger partial charge in [-0.3, -0.25) is 9.69 Å². The van der Waals surface area contributed by atoms with E-state index in [1.807, 2.05) is 25.8 Å². The van der Waals surface area contributed by atoms with Crippen LogP contribution in [0.1, 0.15) is 26.7 Å². The molecule has 0 aliphatic carbocycles. The minimum atomic E-state index is -0.300. The summed E-state index contributed by atoms with van der Waals surface area (Å²) in [4.78, 5) is 13.1. The summed E-state index contributed by atoms with van der Waals surface area (Å²) < 4.78 is 0. The molecule has 0 aromatic carbocycles. The van der Waals surface area contributed by atoms with E-state index >= 15 is 0 Å². The number of carbonyl (C=O) groups excluding carboxylic acids is 1. The Kier molecular flexibility index (Phi) is 5.75. The van der Waals surface area contributed by atoms with Gasteiger partial charge in [-0.15, -0.1) is 0 Å². The number of carbonyl (C=O) groups is 1. The second-order valence-corrected chi connectivity index (χ2v) is 5.00. The molecule has 0 aromatic rings. The van der Waals surface area contributed by atoms with Crippen molar-refractivity contribution < 1.29 is 4.79 Å². The number of rotatable bonds is 7. The van der Waals surface area contributed by atoms with Crippen molar-refractivity contribution in [3.8, 4) is 0 Å². The standard InChI is InChI=1S/C10H21N3OS/c1-10(2,9(12)15)5-4-6-13(3)7-8(11)14/h4-7H2,1-3H3,(H2,11,14)(H2,12,15). The highest BCUT2D eigenvalue weighted by molar-refractivity contribution is 7.80. The largest absolute Gasteiger partial charge is 0.393 e. The van der Waals surface area contributed by atoms with Gasteiger partial charge in [0.1, 0.15) is 0 Å². The summed E-state index contributed by atoms with van der Waals surface area (Å²) in [5, 5.41) is 0. The van der Waals surface area contributed by atoms with Gasteiger partial charge >= 0.3 is 0 Å². The summed E-state index contributed by atoms with van der Waals surface area (Å²) in [5.74, 6) is -0.300. The van der Waals surface area contributed by atoms with Crippen LogP contribution in [0.5, 0.6) is 0 Å². The molecule has 0 aromatic heterocycles. The molecular formula is C10H21N3OS. The zero-order valence-corrected chi connectivity index (χ0v) is 10.6. The number of nitrogens with two attached hydrogens (primary N) is 2. The molecule has 15 heavy (non-hydrogen) atoms. The molecular weight excluding hydrogens is 210 g/mol. The quantitative estimate of drug-likeness (QED) is 0.626. The van der Waals surface area contributed by atoms with Gasteiger partial charge in [-0.2, -0.15) is 0 Å². The summed E-state index contributed by atoms with van der Waals surface area (Å²) in [6.45, 7) is 5.19. The lowest BCUT2D eigenvalue weighted by atomic mass is 9.88. The van der Waals surface area contributed by atoms with Gasteiger partial charge in [-0.05, 0) is 26.4 Å². The van der Waals surface area contributed by atoms with Crippen LogP contribution in [-0.2, 0) is 4.79 Å². The third kappa shape index (κ3) is 6.41. The van der Waals surface area contributed by atoms with Gasteiger partial charge in [-0.25, -0.2) is 0 Å². The van der Waals surface area contributed by atoms with E-state index in [-0.39, 0.29) is 11.3 Å². The maximum Gasteiger partial charge on any atom is 0.231 e. The SMILES string of the molecule is CN(CCCC(C)(C)C(N)=S)CC(N)=O. The number of likely N-dealkylation sites (N-methyl/N-ethyl adjacent to an activating group) is 1. The van der Waals surface area contributed by atoms with Crippen molar-refractivity contribution in [2.45, 2.75) is 26.7 Å². The molecule has 0 rings (SSSR count). The van der Waals surface area contributed by atoms with E-state index < -0.39 is 0 Å². The van der Waals surface area contributed by atoms with Gasteiger partial charge in [0.25, 0.3) is 0 Å². The van der Waals surface area contributed by atoms with Gasteiger partial charge in [0.15, 0.2) is 0 Å². The summed E-state index contributed by atoms with van der Waals surface area (Å²) in [6.07, 6.45) is 1.87. The molecule has 0 heterocycles. The molecule has 0 spiro atoms. The van der Waals surface area contributed by atoms with E-state index in [4.69, 9.17) is 23.7 Å². The molecule has 0 aliphatic heterocycles. The van der Waals surface area contributed by atoms with Crippen molar-refractivity contribution in [3.63, 3.8) is 0 Å². The number of amides is 1. The first-order chi connectivity index (χ1) is 6.75. The van der Waals surface area contributed by atoms with Crippen LogP contribution in [0.3, 0.4) is 0 Å². The van der Waals surface area contributed by atoms with Crippen LogP contribution in [0.25, 0.3) is 0 Å². The average Bonchev–Trinajstić information content (AvgIpc) is 2.01. The highest BCUT2D eigenvalue weighted by atomic mass is 32.1. The lowest BCUT2D eigenvalue weighted by Gasteiger charge is -2.24. The van der Waals surface area contributed by atoms with Gasteiger partial charge in [-0.1, -0.05) is 26.1 Å². The van der Waals surface area contributed by atoms with Crippen molar-refractivity contribution in [2.24, 2.45) is 16.9 Å². The zero-order chi connectivity index (χ0) is 12.1. The summed E-state index contributed by atoms with van der Waals surface area (Å²) in [6, 6.07) is 0. The predicted octanol–water partition coefficient (Wildman–Crippen LogP) is 0.496. The topological polar surface area (TPSA) is 72.3 Å². The highest BCUT2D eigenvalue weighted by Gasteiger charge is 2.20. The van der Waals surface area contributed by atoms with Crippen molar-refractivity contribution in [1.29, 1.82) is 0 Å². The minimum absolute atomic E-state index is 0.108. The van der Waals surface area contributed by atoms with Crippen LogP contribution in [0.15, 0.2) is 0 Å². The second kappa shape index (κ2) is 6.02. The Morgan fingerprint density at radius 3 is 2.33 bits per heavy atom. The first-order valence-corrected chi connectivity index (χ1v) is 5.43. The van der Waals surface area contributed by atoms with Gasteiger partial charge in [0.2, 0.25) is 5.91 Å². The van der Waals surface area contributed by atoms with E-state index in [0.29, 0.717) is 11.5 Å². The molecule has 4 N–H and O–H groups in total. The van der Waals surface area contributed by atoms with E-state index in [1.54, 1.807) is 0 Å². The average molecular weight is 231 g/mol. The van der Waals surface area contributed by atoms with Crippen molar-refractivity contribution in [3.05, 3.63) is 0 Å². The van der Waals surface area contributed by atoms with E-state index in [0.717, 1.165) is 19.4 Å². The summed E-state index contributed by atoms with van der Waals surface area (Å²) in [7, 11) is 1.87. The molecule has 5 heteroatoms. The lowest BCUT2D eigenvalue weighted by molar-refractivity contribution is -0.118. The van der Waals surface area contributed by atoms with Crippen LogP contribution in [0.4, 0.5) is 0 Å². The number of primary amides is 1. The monoisotopic (exact) mass is 231 g/mol. The fourth-order valence-electron chi connectivity index (χ4n) is 1.26. The zero-order valence-electron chi connectivity index (χ0n) is 9.75. The van der Waals surface area contributed by atoms with E-state index in [2.05, 4.69) is 0 Å². The lowest BCUT2D eigenvalue weighted by Crippen LogP contribution is -2.33. The molecule has 88 valence electrons. The maximum atomic E-state index is 10.6. The molecule has 1 amide bonds. The van der Waals surface area contributed by atoms with Crippen LogP contribution in [0, 0.1) is 5.41 Å². The van der Waals surface area contributed by atoms with E-state index in [1.165, 1.54) is 0 Å². The van der Waals surface area contributed by atoms with Gasteiger partial charge in [0, 0.05) is 5.41 Å². The molecule has 0 unspecified atom stereocenters. The molecule has 0 bridgehead atoms. The fourth-order valence-corrected chi connectivity index (χ4v) is 1.36. The Hall–Kier alpha value is -0.680. The molecule has 0 radical (unpaired) electrons. The molecule has 4 nitrogen and oxygen atoms in total. The molecule has 0 fully saturated rings. The van der Waals surface area contributed by atoms with Crippen LogP contribution >= 0.6 is 12.2 Å². The highest BCUT2D eigenvalue weighted by Crippen LogP contribution is 2.22.